The molecule has 3 rings (SSSR count). The predicted octanol–water partition coefficient (Wildman–Crippen LogP) is 3.70. The number of rotatable bonds is 6. The molecule has 1 heterocycles. The van der Waals surface area contributed by atoms with Gasteiger partial charge in [0.25, 0.3) is 11.8 Å². The van der Waals surface area contributed by atoms with Crippen LogP contribution in [0.2, 0.25) is 0 Å². The summed E-state index contributed by atoms with van der Waals surface area (Å²) in [5.74, 6) is -0.324. The number of carbonyl (C=O) groups is 3. The fraction of sp³-hybridized carbons (Fsp3) is 0.286. The maximum absolute atomic E-state index is 12.8. The number of esters is 1. The molecule has 6 heteroatoms. The van der Waals surface area contributed by atoms with Crippen molar-refractivity contribution in [3.63, 3.8) is 0 Å². The smallest absolute Gasteiger partial charge is 0.338 e. The zero-order chi connectivity index (χ0) is 19.6. The Morgan fingerprint density at radius 2 is 1.67 bits per heavy atom. The minimum atomic E-state index is -0.499. The van der Waals surface area contributed by atoms with Crippen LogP contribution in [0.15, 0.2) is 42.5 Å². The van der Waals surface area contributed by atoms with Gasteiger partial charge in [0.05, 0.1) is 36.1 Å². The van der Waals surface area contributed by atoms with Gasteiger partial charge in [0, 0.05) is 0 Å². The fourth-order valence-electron chi connectivity index (χ4n) is 2.80. The Kier molecular flexibility index (Phi) is 5.26. The van der Waals surface area contributed by atoms with Gasteiger partial charge in [0.15, 0.2) is 0 Å². The van der Waals surface area contributed by atoms with E-state index in [1.165, 1.54) is 18.2 Å². The first kappa shape index (κ1) is 18.6. The zero-order valence-corrected chi connectivity index (χ0v) is 15.5. The number of imide groups is 1. The van der Waals surface area contributed by atoms with Gasteiger partial charge in [-0.25, -0.2) is 9.69 Å². The highest BCUT2D eigenvalue weighted by Gasteiger charge is 2.37. The number of ether oxygens (including phenoxy) is 2. The SMILES string of the molecule is COc1ccc(N2C(=O)c3ccc(C(=O)OCCC(C)C)cc3C2=O)cc1. The molecule has 0 N–H and O–H groups in total. The average molecular weight is 367 g/mol. The first-order chi connectivity index (χ1) is 12.9. The van der Waals surface area contributed by atoms with Crippen molar-refractivity contribution in [2.24, 2.45) is 5.92 Å². The van der Waals surface area contributed by atoms with Crippen LogP contribution in [0.3, 0.4) is 0 Å². The van der Waals surface area contributed by atoms with E-state index in [4.69, 9.17) is 9.47 Å². The molecule has 2 amide bonds. The van der Waals surface area contributed by atoms with Crippen LogP contribution >= 0.6 is 0 Å². The maximum Gasteiger partial charge on any atom is 0.338 e. The number of benzene rings is 2. The van der Waals surface area contributed by atoms with Crippen molar-refractivity contribution in [1.82, 2.24) is 0 Å². The highest BCUT2D eigenvalue weighted by atomic mass is 16.5. The first-order valence-electron chi connectivity index (χ1n) is 8.76. The summed E-state index contributed by atoms with van der Waals surface area (Å²) >= 11 is 0. The molecule has 0 aromatic heterocycles. The van der Waals surface area contributed by atoms with E-state index < -0.39 is 17.8 Å². The van der Waals surface area contributed by atoms with Gasteiger partial charge in [-0.3, -0.25) is 9.59 Å². The highest BCUT2D eigenvalue weighted by molar-refractivity contribution is 6.34. The Bertz CT molecular complexity index is 886. The summed E-state index contributed by atoms with van der Waals surface area (Å²) in [6, 6.07) is 11.1. The van der Waals surface area contributed by atoms with Crippen LogP contribution in [0.1, 0.15) is 51.3 Å². The zero-order valence-electron chi connectivity index (χ0n) is 15.5. The van der Waals surface area contributed by atoms with Gasteiger partial charge < -0.3 is 9.47 Å². The third-order valence-corrected chi connectivity index (χ3v) is 4.38. The molecule has 1 aliphatic heterocycles. The van der Waals surface area contributed by atoms with E-state index in [1.54, 1.807) is 31.4 Å². The van der Waals surface area contributed by atoms with Crippen molar-refractivity contribution >= 4 is 23.5 Å². The Morgan fingerprint density at radius 3 is 2.30 bits per heavy atom. The van der Waals surface area contributed by atoms with Crippen LogP contribution in [-0.4, -0.2) is 31.5 Å². The third-order valence-electron chi connectivity index (χ3n) is 4.38. The summed E-state index contributed by atoms with van der Waals surface area (Å²) in [7, 11) is 1.54. The fourth-order valence-corrected chi connectivity index (χ4v) is 2.80. The number of nitrogens with zero attached hydrogens (tertiary/aromatic N) is 1. The van der Waals surface area contributed by atoms with Gasteiger partial charge in [-0.2, -0.15) is 0 Å². The second kappa shape index (κ2) is 7.61. The topological polar surface area (TPSA) is 72.9 Å². The number of hydrogen-bond acceptors (Lipinski definition) is 5. The van der Waals surface area contributed by atoms with Gasteiger partial charge in [-0.05, 0) is 54.8 Å². The summed E-state index contributed by atoms with van der Waals surface area (Å²) in [6.45, 7) is 4.40. The summed E-state index contributed by atoms with van der Waals surface area (Å²) in [6.07, 6.45) is 0.763. The largest absolute Gasteiger partial charge is 0.497 e. The van der Waals surface area contributed by atoms with E-state index in [2.05, 4.69) is 0 Å². The van der Waals surface area contributed by atoms with Crippen molar-refractivity contribution in [2.75, 3.05) is 18.6 Å². The molecule has 0 saturated heterocycles. The van der Waals surface area contributed by atoms with Crippen LogP contribution in [0.25, 0.3) is 0 Å². The van der Waals surface area contributed by atoms with Crippen LogP contribution in [0.5, 0.6) is 5.75 Å². The number of methoxy groups -OCH3 is 1. The Hall–Kier alpha value is -3.15. The van der Waals surface area contributed by atoms with Crippen molar-refractivity contribution in [3.05, 3.63) is 59.2 Å². The lowest BCUT2D eigenvalue weighted by Gasteiger charge is -2.14. The molecule has 0 spiro atoms. The molecule has 0 aliphatic carbocycles. The van der Waals surface area contributed by atoms with Crippen LogP contribution < -0.4 is 9.64 Å². The number of fused-ring (bicyclic) bond motifs is 1. The van der Waals surface area contributed by atoms with Crippen LogP contribution in [0, 0.1) is 5.92 Å². The normalized spacial score (nSPS) is 13.1. The number of hydrogen-bond donors (Lipinski definition) is 0. The lowest BCUT2D eigenvalue weighted by Crippen LogP contribution is -2.29. The predicted molar refractivity (Wildman–Crippen MR) is 100 cm³/mol. The second-order valence-electron chi connectivity index (χ2n) is 6.72. The number of amides is 2. The molecule has 0 radical (unpaired) electrons. The summed E-state index contributed by atoms with van der Waals surface area (Å²) in [5.41, 5.74) is 1.18. The molecule has 6 nitrogen and oxygen atoms in total. The molecule has 0 bridgehead atoms. The molecule has 27 heavy (non-hydrogen) atoms. The van der Waals surface area contributed by atoms with E-state index in [0.717, 1.165) is 11.3 Å². The average Bonchev–Trinajstić information content (AvgIpc) is 2.91. The minimum Gasteiger partial charge on any atom is -0.497 e. The monoisotopic (exact) mass is 367 g/mol. The van der Waals surface area contributed by atoms with Gasteiger partial charge >= 0.3 is 5.97 Å². The van der Waals surface area contributed by atoms with Gasteiger partial charge in [0.1, 0.15) is 5.75 Å². The molecule has 2 aromatic rings. The number of carbonyl (C=O) groups excluding carboxylic acids is 3. The first-order valence-corrected chi connectivity index (χ1v) is 8.76. The molecule has 140 valence electrons. The second-order valence-corrected chi connectivity index (χ2v) is 6.72. The molecule has 0 unspecified atom stereocenters. The number of anilines is 1. The highest BCUT2D eigenvalue weighted by Crippen LogP contribution is 2.30. The van der Waals surface area contributed by atoms with Gasteiger partial charge in [-0.15, -0.1) is 0 Å². The van der Waals surface area contributed by atoms with Crippen molar-refractivity contribution in [1.29, 1.82) is 0 Å². The minimum absolute atomic E-state index is 0.203. The summed E-state index contributed by atoms with van der Waals surface area (Å²) in [5, 5.41) is 0. The van der Waals surface area contributed by atoms with E-state index in [-0.39, 0.29) is 16.7 Å². The lowest BCUT2D eigenvalue weighted by molar-refractivity contribution is 0.0488. The molecule has 0 fully saturated rings. The van der Waals surface area contributed by atoms with Crippen LogP contribution in [0.4, 0.5) is 5.69 Å². The standard InChI is InChI=1S/C21H21NO5/c1-13(2)10-11-27-21(25)14-4-9-17-18(12-14)20(24)22(19(17)23)15-5-7-16(26-3)8-6-15/h4-9,12-13H,10-11H2,1-3H3. The Morgan fingerprint density at radius 1 is 1.00 bits per heavy atom. The van der Waals surface area contributed by atoms with Crippen molar-refractivity contribution in [3.8, 4) is 5.75 Å². The van der Waals surface area contributed by atoms with E-state index in [0.29, 0.717) is 24.0 Å². The van der Waals surface area contributed by atoms with Crippen molar-refractivity contribution in [2.45, 2.75) is 20.3 Å². The third kappa shape index (κ3) is 3.69. The van der Waals surface area contributed by atoms with Crippen LogP contribution in [-0.2, 0) is 4.74 Å². The molecule has 1 aliphatic rings. The van der Waals surface area contributed by atoms with Crippen molar-refractivity contribution < 1.29 is 23.9 Å². The molecular weight excluding hydrogens is 346 g/mol. The molecular formula is C21H21NO5. The lowest BCUT2D eigenvalue weighted by atomic mass is 10.1. The van der Waals surface area contributed by atoms with E-state index >= 15 is 0 Å². The maximum atomic E-state index is 12.8. The van der Waals surface area contributed by atoms with Gasteiger partial charge in [0.2, 0.25) is 0 Å². The molecule has 0 saturated carbocycles. The summed E-state index contributed by atoms with van der Waals surface area (Å²) < 4.78 is 10.3. The van der Waals surface area contributed by atoms with E-state index in [1.807, 2.05) is 13.8 Å². The quantitative estimate of drug-likeness (QED) is 0.575. The summed E-state index contributed by atoms with van der Waals surface area (Å²) in [4.78, 5) is 38.7. The molecule has 0 atom stereocenters. The van der Waals surface area contributed by atoms with E-state index in [9.17, 15) is 14.4 Å². The van der Waals surface area contributed by atoms with Gasteiger partial charge in [-0.1, -0.05) is 13.8 Å². The Balaban J connectivity index is 1.82. The Labute approximate surface area is 157 Å². The molecule has 2 aromatic carbocycles.